The lowest BCUT2D eigenvalue weighted by atomic mass is 9.89. The zero-order valence-corrected chi connectivity index (χ0v) is 17.3. The molecule has 30 heavy (non-hydrogen) atoms. The molecule has 0 aliphatic carbocycles. The summed E-state index contributed by atoms with van der Waals surface area (Å²) in [6.07, 6.45) is 0.701. The molecule has 0 amide bonds. The summed E-state index contributed by atoms with van der Waals surface area (Å²) in [7, 11) is 0. The number of benzene rings is 2. The molecule has 0 spiro atoms. The van der Waals surface area contributed by atoms with Crippen LogP contribution in [-0.4, -0.2) is 17.0 Å². The summed E-state index contributed by atoms with van der Waals surface area (Å²) in [5, 5.41) is 11.7. The van der Waals surface area contributed by atoms with Gasteiger partial charge < -0.3 is 14.3 Å². The van der Waals surface area contributed by atoms with Crippen molar-refractivity contribution in [3.8, 4) is 22.6 Å². The van der Waals surface area contributed by atoms with Gasteiger partial charge in [-0.25, -0.2) is 4.79 Å². The summed E-state index contributed by atoms with van der Waals surface area (Å²) in [6.45, 7) is 9.56. The Kier molecular flexibility index (Phi) is 4.98. The first-order chi connectivity index (χ1) is 14.3. The van der Waals surface area contributed by atoms with Crippen molar-refractivity contribution in [3.63, 3.8) is 0 Å². The number of fused-ring (bicyclic) bond motifs is 3. The van der Waals surface area contributed by atoms with Crippen molar-refractivity contribution in [2.24, 2.45) is 5.92 Å². The Morgan fingerprint density at radius 3 is 2.63 bits per heavy atom. The molecule has 5 nitrogen and oxygen atoms in total. The number of hydrogen-bond acceptors (Lipinski definition) is 5. The van der Waals surface area contributed by atoms with E-state index in [1.807, 2.05) is 51.1 Å². The van der Waals surface area contributed by atoms with Crippen LogP contribution in [0.5, 0.6) is 11.5 Å². The second-order valence-corrected chi connectivity index (χ2v) is 7.91. The third-order valence-electron chi connectivity index (χ3n) is 5.80. The Balaban J connectivity index is 2.12. The third kappa shape index (κ3) is 3.11. The van der Waals surface area contributed by atoms with Gasteiger partial charge in [0.15, 0.2) is 5.78 Å². The Hall–Kier alpha value is -3.34. The minimum atomic E-state index is -0.525. The molecule has 1 aliphatic heterocycles. The van der Waals surface area contributed by atoms with Crippen LogP contribution in [0.2, 0.25) is 0 Å². The zero-order chi connectivity index (χ0) is 21.6. The number of phenols is 1. The van der Waals surface area contributed by atoms with Crippen molar-refractivity contribution in [1.82, 2.24) is 0 Å². The van der Waals surface area contributed by atoms with Gasteiger partial charge in [0.25, 0.3) is 0 Å². The fourth-order valence-electron chi connectivity index (χ4n) is 3.89. The molecule has 4 rings (SSSR count). The maximum atomic E-state index is 13.2. The van der Waals surface area contributed by atoms with Crippen molar-refractivity contribution >= 4 is 16.8 Å². The largest absolute Gasteiger partial charge is 0.506 e. The lowest BCUT2D eigenvalue weighted by molar-refractivity contribution is 0.0920. The summed E-state index contributed by atoms with van der Waals surface area (Å²) >= 11 is 0. The van der Waals surface area contributed by atoms with Crippen molar-refractivity contribution in [3.05, 3.63) is 70.1 Å². The molecule has 1 aliphatic rings. The average molecular weight is 404 g/mol. The number of ether oxygens (including phenoxy) is 1. The van der Waals surface area contributed by atoms with Gasteiger partial charge in [0.2, 0.25) is 0 Å². The van der Waals surface area contributed by atoms with Crippen LogP contribution >= 0.6 is 0 Å². The van der Waals surface area contributed by atoms with E-state index in [2.05, 4.69) is 6.58 Å². The van der Waals surface area contributed by atoms with Crippen LogP contribution in [0.1, 0.15) is 43.1 Å². The van der Waals surface area contributed by atoms with Crippen LogP contribution in [0.25, 0.3) is 22.1 Å². The second kappa shape index (κ2) is 7.48. The monoisotopic (exact) mass is 404 g/mol. The van der Waals surface area contributed by atoms with Crippen molar-refractivity contribution < 1.29 is 19.1 Å². The summed E-state index contributed by atoms with van der Waals surface area (Å²) in [5.74, 6) is -0.396. The predicted molar refractivity (Wildman–Crippen MR) is 116 cm³/mol. The topological polar surface area (TPSA) is 76.7 Å². The maximum absolute atomic E-state index is 13.2. The Bertz CT molecular complexity index is 1220. The third-order valence-corrected chi connectivity index (χ3v) is 5.80. The van der Waals surface area contributed by atoms with Crippen LogP contribution in [0.15, 0.2) is 57.8 Å². The van der Waals surface area contributed by atoms with Crippen LogP contribution in [0, 0.1) is 5.92 Å². The van der Waals surface area contributed by atoms with E-state index < -0.39 is 5.63 Å². The molecule has 0 saturated heterocycles. The average Bonchev–Trinajstić information content (AvgIpc) is 3.18. The van der Waals surface area contributed by atoms with E-state index in [0.29, 0.717) is 35.1 Å². The fourth-order valence-corrected chi connectivity index (χ4v) is 3.89. The lowest BCUT2D eigenvalue weighted by Gasteiger charge is -2.17. The van der Waals surface area contributed by atoms with Crippen molar-refractivity contribution in [1.29, 1.82) is 0 Å². The summed E-state index contributed by atoms with van der Waals surface area (Å²) < 4.78 is 11.6. The van der Waals surface area contributed by atoms with Gasteiger partial charge in [-0.2, -0.15) is 0 Å². The molecular formula is C25H24O5. The highest BCUT2D eigenvalue weighted by molar-refractivity contribution is 6.12. The molecule has 2 aromatic carbocycles. The van der Waals surface area contributed by atoms with Crippen molar-refractivity contribution in [2.45, 2.75) is 39.7 Å². The summed E-state index contributed by atoms with van der Waals surface area (Å²) in [5.41, 5.74) is 2.59. The van der Waals surface area contributed by atoms with Crippen LogP contribution < -0.4 is 10.4 Å². The van der Waals surface area contributed by atoms with E-state index in [0.717, 1.165) is 11.1 Å². The predicted octanol–water partition coefficient (Wildman–Crippen LogP) is 5.27. The molecule has 0 unspecified atom stereocenters. The smallest absolute Gasteiger partial charge is 0.336 e. The minimum absolute atomic E-state index is 0.154. The highest BCUT2D eigenvalue weighted by Crippen LogP contribution is 2.48. The first-order valence-corrected chi connectivity index (χ1v) is 10.1. The van der Waals surface area contributed by atoms with E-state index in [1.165, 1.54) is 6.07 Å². The molecule has 2 atom stereocenters. The number of carbonyl (C=O) groups excluding carboxylic acids is 1. The van der Waals surface area contributed by atoms with E-state index in [1.54, 1.807) is 0 Å². The Morgan fingerprint density at radius 2 is 2.00 bits per heavy atom. The fraction of sp³-hybridized carbons (Fsp3) is 0.280. The van der Waals surface area contributed by atoms with Gasteiger partial charge in [-0.3, -0.25) is 4.79 Å². The number of rotatable bonds is 5. The van der Waals surface area contributed by atoms with Crippen molar-refractivity contribution in [2.75, 3.05) is 0 Å². The van der Waals surface area contributed by atoms with Gasteiger partial charge >= 0.3 is 5.63 Å². The summed E-state index contributed by atoms with van der Waals surface area (Å²) in [6, 6.07) is 10.6. The Labute approximate surface area is 174 Å². The first kappa shape index (κ1) is 20.0. The van der Waals surface area contributed by atoms with E-state index in [-0.39, 0.29) is 34.7 Å². The van der Waals surface area contributed by atoms with Crippen LogP contribution in [-0.2, 0) is 6.42 Å². The normalized spacial score (nSPS) is 16.2. The van der Waals surface area contributed by atoms with E-state index >= 15 is 0 Å². The van der Waals surface area contributed by atoms with Crippen LogP contribution in [0.4, 0.5) is 0 Å². The SMILES string of the molecule is C=C(C)[C@@H]1Cc2c(c(C(=O)[C@H](C)CC)c(O)c3c(-c4ccccc4)cc(=O)oc23)O1. The number of ketones is 1. The quantitative estimate of drug-likeness (QED) is 0.356. The maximum Gasteiger partial charge on any atom is 0.336 e. The number of carbonyl (C=O) groups is 1. The highest BCUT2D eigenvalue weighted by Gasteiger charge is 2.36. The standard InChI is InChI=1S/C25H24O5/c1-5-14(4)22(27)21-23(28)20-16(15-9-7-6-8-10-15)12-19(26)30-24(20)17-11-18(13(2)3)29-25(17)21/h6-10,12,14,18,28H,2,5,11H2,1,3-4H3/t14-,18+/m1/s1. The zero-order valence-electron chi connectivity index (χ0n) is 17.3. The van der Waals surface area contributed by atoms with Gasteiger partial charge in [-0.05, 0) is 24.5 Å². The molecule has 1 aromatic heterocycles. The van der Waals surface area contributed by atoms with Crippen LogP contribution in [0.3, 0.4) is 0 Å². The summed E-state index contributed by atoms with van der Waals surface area (Å²) in [4.78, 5) is 25.6. The van der Waals surface area contributed by atoms with E-state index in [4.69, 9.17) is 9.15 Å². The molecular weight excluding hydrogens is 380 g/mol. The molecule has 0 fully saturated rings. The number of phenolic OH excluding ortho intramolecular Hbond substituents is 1. The molecule has 5 heteroatoms. The molecule has 3 aromatic rings. The number of hydrogen-bond donors (Lipinski definition) is 1. The minimum Gasteiger partial charge on any atom is -0.506 e. The molecule has 154 valence electrons. The van der Waals surface area contributed by atoms with E-state index in [9.17, 15) is 14.7 Å². The van der Waals surface area contributed by atoms with Gasteiger partial charge in [0.05, 0.1) is 5.39 Å². The number of aromatic hydroxyl groups is 1. The Morgan fingerprint density at radius 1 is 1.30 bits per heavy atom. The number of Topliss-reactive ketones (excluding diaryl/α,β-unsaturated/α-hetero) is 1. The molecule has 0 bridgehead atoms. The van der Waals surface area contributed by atoms with Gasteiger partial charge in [0.1, 0.15) is 28.7 Å². The molecule has 1 N–H and O–H groups in total. The highest BCUT2D eigenvalue weighted by atomic mass is 16.5. The van der Waals surface area contributed by atoms with Gasteiger partial charge in [-0.15, -0.1) is 0 Å². The molecule has 2 heterocycles. The molecule has 0 saturated carbocycles. The molecule has 0 radical (unpaired) electrons. The second-order valence-electron chi connectivity index (χ2n) is 7.91. The first-order valence-electron chi connectivity index (χ1n) is 10.1. The lowest BCUT2D eigenvalue weighted by Crippen LogP contribution is -2.15. The van der Waals surface area contributed by atoms with Gasteiger partial charge in [0, 0.05) is 29.5 Å². The van der Waals surface area contributed by atoms with Gasteiger partial charge in [-0.1, -0.05) is 50.8 Å².